The summed E-state index contributed by atoms with van der Waals surface area (Å²) in [5.41, 5.74) is 1.54. The first-order valence-electron chi connectivity index (χ1n) is 3.44. The molecular weight excluding hydrogens is 244 g/mol. The minimum Gasteiger partial charge on any atom is -0.341 e. The lowest BCUT2D eigenvalue weighted by atomic mass is 10.6. The van der Waals surface area contributed by atoms with Crippen LogP contribution in [0.5, 0.6) is 0 Å². The maximum Gasteiger partial charge on any atom is 0.394 e. The Hall–Kier alpha value is -1.36. The molecule has 0 unspecified atom stereocenters. The third-order valence-corrected chi connectivity index (χ3v) is 1.55. The summed E-state index contributed by atoms with van der Waals surface area (Å²) >= 11 is 4.91. The average Bonchev–Trinajstić information content (AvgIpc) is 2.49. The molecule has 8 nitrogen and oxygen atoms in total. The lowest BCUT2D eigenvalue weighted by molar-refractivity contribution is 0.381. The smallest absolute Gasteiger partial charge is 0.341 e. The molecule has 0 saturated heterocycles. The SMILES string of the molecule is O=S(=O)(O)O.S=c1nc[nH]c2nc[nH]c12. The summed E-state index contributed by atoms with van der Waals surface area (Å²) in [5, 5.41) is 0. The second-order valence-electron chi connectivity index (χ2n) is 2.28. The highest BCUT2D eigenvalue weighted by Gasteiger charge is 1.94. The van der Waals surface area contributed by atoms with Crippen LogP contribution >= 0.6 is 12.2 Å². The molecule has 0 fully saturated rings. The van der Waals surface area contributed by atoms with Crippen LogP contribution in [0.15, 0.2) is 12.7 Å². The van der Waals surface area contributed by atoms with Crippen molar-refractivity contribution >= 4 is 33.8 Å². The fourth-order valence-electron chi connectivity index (χ4n) is 0.783. The van der Waals surface area contributed by atoms with Gasteiger partial charge >= 0.3 is 10.4 Å². The van der Waals surface area contributed by atoms with Crippen molar-refractivity contribution in [3.05, 3.63) is 17.3 Å². The van der Waals surface area contributed by atoms with Crippen molar-refractivity contribution in [3.8, 4) is 0 Å². The number of fused-ring (bicyclic) bond motifs is 1. The summed E-state index contributed by atoms with van der Waals surface area (Å²) in [4.78, 5) is 13.6. The standard InChI is InChI=1S/C5H4N4S.H2O4S/c10-5-3-4(7-1-6-3)8-2-9-5;1-5(2,3)4/h1-2H,(H2,6,7,8,9,10);(H2,1,2,3,4). The van der Waals surface area contributed by atoms with E-state index in [2.05, 4.69) is 19.9 Å². The molecule has 2 aromatic heterocycles. The van der Waals surface area contributed by atoms with Crippen LogP contribution < -0.4 is 0 Å². The Balaban J connectivity index is 0.000000195. The van der Waals surface area contributed by atoms with Gasteiger partial charge in [-0.1, -0.05) is 12.2 Å². The Labute approximate surface area is 89.0 Å². The molecule has 10 heteroatoms. The molecule has 0 aromatic carbocycles. The van der Waals surface area contributed by atoms with E-state index in [0.29, 0.717) is 4.64 Å². The molecule has 0 bridgehead atoms. The number of nitrogens with one attached hydrogen (secondary N) is 2. The van der Waals surface area contributed by atoms with Crippen LogP contribution in [0.2, 0.25) is 0 Å². The third-order valence-electron chi connectivity index (χ3n) is 1.24. The lowest BCUT2D eigenvalue weighted by Crippen LogP contribution is -1.89. The number of aromatic nitrogens is 4. The van der Waals surface area contributed by atoms with E-state index in [9.17, 15) is 0 Å². The van der Waals surface area contributed by atoms with Gasteiger partial charge in [-0.25, -0.2) is 9.97 Å². The molecule has 15 heavy (non-hydrogen) atoms. The van der Waals surface area contributed by atoms with Gasteiger partial charge in [-0.15, -0.1) is 0 Å². The number of imidazole rings is 1. The zero-order valence-corrected chi connectivity index (χ0v) is 8.71. The number of aromatic amines is 2. The monoisotopic (exact) mass is 250 g/mol. The lowest BCUT2D eigenvalue weighted by Gasteiger charge is -1.84. The highest BCUT2D eigenvalue weighted by molar-refractivity contribution is 7.79. The maximum atomic E-state index is 8.74. The van der Waals surface area contributed by atoms with Gasteiger partial charge in [0.1, 0.15) is 5.52 Å². The van der Waals surface area contributed by atoms with Crippen molar-refractivity contribution < 1.29 is 17.5 Å². The normalized spacial score (nSPS) is 10.8. The van der Waals surface area contributed by atoms with Crippen molar-refractivity contribution in [1.29, 1.82) is 0 Å². The molecular formula is C5H6N4O4S2. The van der Waals surface area contributed by atoms with E-state index < -0.39 is 10.4 Å². The highest BCUT2D eigenvalue weighted by atomic mass is 32.3. The Morgan fingerprint density at radius 1 is 1.20 bits per heavy atom. The van der Waals surface area contributed by atoms with Crippen LogP contribution in [0, 0.1) is 4.64 Å². The van der Waals surface area contributed by atoms with Crippen LogP contribution in [0.1, 0.15) is 0 Å². The summed E-state index contributed by atoms with van der Waals surface area (Å²) in [6.45, 7) is 0. The van der Waals surface area contributed by atoms with Crippen molar-refractivity contribution in [2.45, 2.75) is 0 Å². The van der Waals surface area contributed by atoms with Gasteiger partial charge in [0.2, 0.25) is 0 Å². The van der Waals surface area contributed by atoms with Crippen LogP contribution in [0.4, 0.5) is 0 Å². The Morgan fingerprint density at radius 2 is 1.73 bits per heavy atom. The Bertz CT molecular complexity index is 593. The Kier molecular flexibility index (Phi) is 3.47. The number of hydrogen-bond acceptors (Lipinski definition) is 5. The first-order valence-corrected chi connectivity index (χ1v) is 5.25. The van der Waals surface area contributed by atoms with Crippen molar-refractivity contribution in [2.24, 2.45) is 0 Å². The quantitative estimate of drug-likeness (QED) is 0.392. The third kappa shape index (κ3) is 4.12. The number of rotatable bonds is 0. The predicted octanol–water partition coefficient (Wildman–Crippen LogP) is 0.363. The average molecular weight is 250 g/mol. The molecule has 0 aliphatic carbocycles. The van der Waals surface area contributed by atoms with Gasteiger partial charge in [0.05, 0.1) is 12.7 Å². The molecule has 0 amide bonds. The van der Waals surface area contributed by atoms with Gasteiger partial charge < -0.3 is 9.97 Å². The fraction of sp³-hybridized carbons (Fsp3) is 0. The summed E-state index contributed by atoms with van der Waals surface area (Å²) in [6.07, 6.45) is 3.12. The van der Waals surface area contributed by atoms with Gasteiger partial charge in [-0.05, 0) is 0 Å². The molecule has 0 atom stereocenters. The topological polar surface area (TPSA) is 132 Å². The van der Waals surface area contributed by atoms with Crippen molar-refractivity contribution in [1.82, 2.24) is 19.9 Å². The van der Waals surface area contributed by atoms with E-state index >= 15 is 0 Å². The molecule has 2 aromatic rings. The number of hydrogen-bond donors (Lipinski definition) is 4. The molecule has 0 radical (unpaired) electrons. The number of nitrogens with zero attached hydrogens (tertiary/aromatic N) is 2. The summed E-state index contributed by atoms with van der Waals surface area (Å²) in [5.74, 6) is 0. The largest absolute Gasteiger partial charge is 0.394 e. The van der Waals surface area contributed by atoms with E-state index in [0.717, 1.165) is 11.2 Å². The first-order chi connectivity index (χ1) is 6.88. The Morgan fingerprint density at radius 3 is 2.27 bits per heavy atom. The second kappa shape index (κ2) is 4.44. The molecule has 2 heterocycles. The first kappa shape index (κ1) is 11.7. The minimum absolute atomic E-state index is 0.547. The van der Waals surface area contributed by atoms with E-state index in [1.54, 1.807) is 6.33 Å². The summed E-state index contributed by atoms with van der Waals surface area (Å²) in [6, 6.07) is 0. The van der Waals surface area contributed by atoms with Crippen molar-refractivity contribution in [2.75, 3.05) is 0 Å². The van der Waals surface area contributed by atoms with Crippen LogP contribution in [-0.2, 0) is 10.4 Å². The molecule has 0 saturated carbocycles. The zero-order valence-electron chi connectivity index (χ0n) is 7.08. The van der Waals surface area contributed by atoms with Gasteiger partial charge in [-0.3, -0.25) is 9.11 Å². The second-order valence-corrected chi connectivity index (χ2v) is 3.56. The van der Waals surface area contributed by atoms with Gasteiger partial charge in [0.25, 0.3) is 0 Å². The van der Waals surface area contributed by atoms with E-state index in [1.807, 2.05) is 0 Å². The van der Waals surface area contributed by atoms with E-state index in [-0.39, 0.29) is 0 Å². The molecule has 0 spiro atoms. The minimum atomic E-state index is -4.67. The van der Waals surface area contributed by atoms with E-state index in [1.165, 1.54) is 6.33 Å². The highest BCUT2D eigenvalue weighted by Crippen LogP contribution is 2.02. The van der Waals surface area contributed by atoms with Gasteiger partial charge in [0, 0.05) is 0 Å². The fourth-order valence-corrected chi connectivity index (χ4v) is 0.992. The molecule has 82 valence electrons. The van der Waals surface area contributed by atoms with Gasteiger partial charge in [0.15, 0.2) is 10.3 Å². The zero-order chi connectivity index (χ0) is 11.5. The summed E-state index contributed by atoms with van der Waals surface area (Å²) in [7, 11) is -4.67. The molecule has 4 N–H and O–H groups in total. The predicted molar refractivity (Wildman–Crippen MR) is 53.3 cm³/mol. The van der Waals surface area contributed by atoms with Crippen LogP contribution in [0.25, 0.3) is 11.2 Å². The molecule has 0 aliphatic heterocycles. The number of H-pyrrole nitrogens is 2. The van der Waals surface area contributed by atoms with E-state index in [4.69, 9.17) is 29.7 Å². The van der Waals surface area contributed by atoms with Crippen LogP contribution in [0.3, 0.4) is 0 Å². The van der Waals surface area contributed by atoms with Gasteiger partial charge in [-0.2, -0.15) is 8.42 Å². The van der Waals surface area contributed by atoms with Crippen molar-refractivity contribution in [3.63, 3.8) is 0 Å². The maximum absolute atomic E-state index is 8.74. The molecule has 0 aliphatic rings. The molecule has 2 rings (SSSR count). The summed E-state index contributed by atoms with van der Waals surface area (Å²) < 4.78 is 32.1. The van der Waals surface area contributed by atoms with Crippen LogP contribution in [-0.4, -0.2) is 37.5 Å².